The molecule has 3 heterocycles. The van der Waals surface area contributed by atoms with Crippen LogP contribution in [0.5, 0.6) is 0 Å². The number of carbonyl (C=O) groups is 1. The fraction of sp³-hybridized carbons (Fsp3) is 0.533. The average Bonchev–Trinajstić information content (AvgIpc) is 3.01. The maximum atomic E-state index is 11.9. The number of aryl methyl sites for hydroxylation is 2. The van der Waals surface area contributed by atoms with Crippen LogP contribution in [-0.2, 0) is 17.9 Å². The van der Waals surface area contributed by atoms with E-state index in [9.17, 15) is 4.79 Å². The summed E-state index contributed by atoms with van der Waals surface area (Å²) in [6.07, 6.45) is 0.435. The van der Waals surface area contributed by atoms with Gasteiger partial charge in [-0.05, 0) is 20.8 Å². The minimum absolute atomic E-state index is 0.0467. The molecule has 0 fully saturated rings. The van der Waals surface area contributed by atoms with Gasteiger partial charge in [0.15, 0.2) is 5.82 Å². The molecule has 7 nitrogen and oxygen atoms in total. The van der Waals surface area contributed by atoms with Gasteiger partial charge in [0.1, 0.15) is 11.6 Å². The van der Waals surface area contributed by atoms with Gasteiger partial charge in [-0.15, -0.1) is 0 Å². The first-order valence-electron chi connectivity index (χ1n) is 7.51. The van der Waals surface area contributed by atoms with Gasteiger partial charge in [-0.1, -0.05) is 5.16 Å². The molecule has 118 valence electrons. The Bertz CT molecular complexity index is 688. The van der Waals surface area contributed by atoms with E-state index in [1.54, 1.807) is 13.0 Å². The molecular formula is C15H21N5O2. The lowest BCUT2D eigenvalue weighted by Gasteiger charge is -2.27. The van der Waals surface area contributed by atoms with Gasteiger partial charge in [0.25, 0.3) is 0 Å². The summed E-state index contributed by atoms with van der Waals surface area (Å²) in [6, 6.07) is 1.71. The van der Waals surface area contributed by atoms with Crippen molar-refractivity contribution in [2.24, 2.45) is 0 Å². The number of aromatic nitrogens is 3. The highest BCUT2D eigenvalue weighted by Gasteiger charge is 2.20. The van der Waals surface area contributed by atoms with Crippen LogP contribution in [0, 0.1) is 20.8 Å². The Morgan fingerprint density at radius 1 is 1.36 bits per heavy atom. The molecule has 0 saturated heterocycles. The number of anilines is 1. The van der Waals surface area contributed by atoms with Gasteiger partial charge in [0, 0.05) is 37.8 Å². The largest absolute Gasteiger partial charge is 0.360 e. The number of rotatable bonds is 4. The van der Waals surface area contributed by atoms with Crippen molar-refractivity contribution in [1.29, 1.82) is 0 Å². The van der Waals surface area contributed by atoms with E-state index in [2.05, 4.69) is 31.8 Å². The Balaban J connectivity index is 1.51. The number of nitrogens with one attached hydrogen (secondary N) is 1. The molecule has 7 heteroatoms. The summed E-state index contributed by atoms with van der Waals surface area (Å²) in [4.78, 5) is 18.8. The number of nitrogens with zero attached hydrogens (tertiary/aromatic N) is 4. The summed E-state index contributed by atoms with van der Waals surface area (Å²) in [5.74, 6) is 2.20. The van der Waals surface area contributed by atoms with E-state index in [-0.39, 0.29) is 5.91 Å². The predicted molar refractivity (Wildman–Crippen MR) is 81.5 cm³/mol. The first-order chi connectivity index (χ1) is 10.5. The molecule has 1 aliphatic rings. The number of amides is 1. The molecule has 2 aromatic heterocycles. The summed E-state index contributed by atoms with van der Waals surface area (Å²) in [6.45, 7) is 9.33. The molecule has 22 heavy (non-hydrogen) atoms. The molecule has 0 saturated carbocycles. The second kappa shape index (κ2) is 5.92. The van der Waals surface area contributed by atoms with Gasteiger partial charge in [0.2, 0.25) is 5.91 Å². The predicted octanol–water partition coefficient (Wildman–Crippen LogP) is 1.64. The lowest BCUT2D eigenvalue weighted by Crippen LogP contribution is -2.36. The van der Waals surface area contributed by atoms with Crippen molar-refractivity contribution in [3.63, 3.8) is 0 Å². The molecular weight excluding hydrogens is 282 g/mol. The maximum absolute atomic E-state index is 11.9. The van der Waals surface area contributed by atoms with Gasteiger partial charge < -0.3 is 14.4 Å². The minimum atomic E-state index is -0.0467. The molecule has 0 radical (unpaired) electrons. The van der Waals surface area contributed by atoms with Crippen molar-refractivity contribution in [3.8, 4) is 0 Å². The number of carbonyl (C=O) groups excluding carboxylic acids is 1. The third-order valence-electron chi connectivity index (χ3n) is 4.09. The molecule has 1 aliphatic heterocycles. The van der Waals surface area contributed by atoms with Crippen LogP contribution in [0.4, 0.5) is 5.82 Å². The summed E-state index contributed by atoms with van der Waals surface area (Å²) in [7, 11) is 0. The highest BCUT2D eigenvalue weighted by Crippen LogP contribution is 2.17. The normalized spacial score (nSPS) is 14.9. The highest BCUT2D eigenvalue weighted by molar-refractivity contribution is 5.89. The standard InChI is InChI=1S/C15H21N5O2/c1-10-8-13(18-22-10)17-15(21)4-5-19-6-7-20-12(3)11(2)16-14(20)9-19/h8H,4-7,9H2,1-3H3,(H,17,18,21). The fourth-order valence-electron chi connectivity index (χ4n) is 2.74. The zero-order chi connectivity index (χ0) is 15.7. The van der Waals surface area contributed by atoms with E-state index in [4.69, 9.17) is 4.52 Å². The van der Waals surface area contributed by atoms with Crippen LogP contribution in [0.15, 0.2) is 10.6 Å². The van der Waals surface area contributed by atoms with Crippen molar-refractivity contribution in [2.45, 2.75) is 40.3 Å². The van der Waals surface area contributed by atoms with Crippen LogP contribution in [0.1, 0.15) is 29.4 Å². The lowest BCUT2D eigenvalue weighted by atomic mass is 10.3. The molecule has 0 bridgehead atoms. The van der Waals surface area contributed by atoms with E-state index in [0.717, 1.165) is 31.2 Å². The van der Waals surface area contributed by atoms with Gasteiger partial charge in [-0.2, -0.15) is 0 Å². The van der Waals surface area contributed by atoms with Crippen molar-refractivity contribution in [1.82, 2.24) is 19.6 Å². The number of hydrogen-bond donors (Lipinski definition) is 1. The quantitative estimate of drug-likeness (QED) is 0.929. The van der Waals surface area contributed by atoms with Gasteiger partial charge in [-0.3, -0.25) is 9.69 Å². The van der Waals surface area contributed by atoms with Crippen molar-refractivity contribution < 1.29 is 9.32 Å². The maximum Gasteiger partial charge on any atom is 0.226 e. The molecule has 0 unspecified atom stereocenters. The molecule has 2 aromatic rings. The zero-order valence-electron chi connectivity index (χ0n) is 13.2. The number of fused-ring (bicyclic) bond motifs is 1. The smallest absolute Gasteiger partial charge is 0.226 e. The second-order valence-electron chi connectivity index (χ2n) is 5.75. The third kappa shape index (κ3) is 3.04. The van der Waals surface area contributed by atoms with Gasteiger partial charge in [-0.25, -0.2) is 4.98 Å². The third-order valence-corrected chi connectivity index (χ3v) is 4.09. The summed E-state index contributed by atoms with van der Waals surface area (Å²) < 4.78 is 7.19. The molecule has 0 atom stereocenters. The van der Waals surface area contributed by atoms with Crippen LogP contribution in [0.3, 0.4) is 0 Å². The van der Waals surface area contributed by atoms with Crippen LogP contribution in [0.2, 0.25) is 0 Å². The Morgan fingerprint density at radius 3 is 2.91 bits per heavy atom. The van der Waals surface area contributed by atoms with Crippen LogP contribution in [-0.4, -0.2) is 38.6 Å². The van der Waals surface area contributed by atoms with E-state index in [1.165, 1.54) is 5.69 Å². The Morgan fingerprint density at radius 2 is 2.18 bits per heavy atom. The molecule has 1 amide bonds. The highest BCUT2D eigenvalue weighted by atomic mass is 16.5. The SMILES string of the molecule is Cc1cc(NC(=O)CCN2CCn3c(nc(C)c3C)C2)no1. The molecule has 0 spiro atoms. The van der Waals surface area contributed by atoms with E-state index >= 15 is 0 Å². The van der Waals surface area contributed by atoms with E-state index in [1.807, 2.05) is 6.92 Å². The summed E-state index contributed by atoms with van der Waals surface area (Å²) in [5.41, 5.74) is 2.34. The summed E-state index contributed by atoms with van der Waals surface area (Å²) in [5, 5.41) is 6.50. The fourth-order valence-corrected chi connectivity index (χ4v) is 2.74. The second-order valence-corrected chi connectivity index (χ2v) is 5.75. The molecule has 0 aliphatic carbocycles. The minimum Gasteiger partial charge on any atom is -0.360 e. The van der Waals surface area contributed by atoms with Crippen molar-refractivity contribution in [2.75, 3.05) is 18.4 Å². The Kier molecular flexibility index (Phi) is 3.98. The average molecular weight is 303 g/mol. The Labute approximate surface area is 129 Å². The van der Waals surface area contributed by atoms with Crippen molar-refractivity contribution >= 4 is 11.7 Å². The molecule has 3 rings (SSSR count). The zero-order valence-corrected chi connectivity index (χ0v) is 13.2. The summed E-state index contributed by atoms with van der Waals surface area (Å²) >= 11 is 0. The molecule has 0 aromatic carbocycles. The van der Waals surface area contributed by atoms with E-state index < -0.39 is 0 Å². The van der Waals surface area contributed by atoms with E-state index in [0.29, 0.717) is 24.5 Å². The molecule has 1 N–H and O–H groups in total. The van der Waals surface area contributed by atoms with Gasteiger partial charge in [0.05, 0.1) is 12.2 Å². The van der Waals surface area contributed by atoms with Crippen molar-refractivity contribution in [3.05, 3.63) is 29.0 Å². The van der Waals surface area contributed by atoms with Crippen LogP contribution < -0.4 is 5.32 Å². The van der Waals surface area contributed by atoms with Crippen LogP contribution >= 0.6 is 0 Å². The number of imidazole rings is 1. The van der Waals surface area contributed by atoms with Gasteiger partial charge >= 0.3 is 0 Å². The first-order valence-corrected chi connectivity index (χ1v) is 7.51. The topological polar surface area (TPSA) is 76.2 Å². The van der Waals surface area contributed by atoms with Crippen LogP contribution in [0.25, 0.3) is 0 Å². The monoisotopic (exact) mass is 303 g/mol. The Hall–Kier alpha value is -2.15. The first kappa shape index (κ1) is 14.8. The lowest BCUT2D eigenvalue weighted by molar-refractivity contribution is -0.116. The number of hydrogen-bond acceptors (Lipinski definition) is 5.